The smallest absolute Gasteiger partial charge is 0.202 e. The zero-order valence-corrected chi connectivity index (χ0v) is 7.46. The molecule has 12 heavy (non-hydrogen) atoms. The molecule has 0 aliphatic heterocycles. The molecule has 0 amide bonds. The Hall–Kier alpha value is -1.12. The monoisotopic (exact) mass is 167 g/mol. The third kappa shape index (κ3) is 1.55. The predicted octanol–water partition coefficient (Wildman–Crippen LogP) is 2.00. The van der Waals surface area contributed by atoms with Crippen LogP contribution in [0.5, 0.6) is 0 Å². The predicted molar refractivity (Wildman–Crippen MR) is 45.3 cm³/mol. The van der Waals surface area contributed by atoms with Crippen molar-refractivity contribution in [1.82, 2.24) is 5.16 Å². The van der Waals surface area contributed by atoms with Crippen LogP contribution in [0.1, 0.15) is 42.1 Å². The van der Waals surface area contributed by atoms with Crippen LogP contribution in [0.15, 0.2) is 4.52 Å². The van der Waals surface area contributed by atoms with E-state index in [2.05, 4.69) is 12.1 Å². The summed E-state index contributed by atoms with van der Waals surface area (Å²) in [5.41, 5.74) is 1.90. The van der Waals surface area contributed by atoms with Crippen LogP contribution in [-0.2, 0) is 12.8 Å². The first-order valence-electron chi connectivity index (χ1n) is 4.26. The fraction of sp³-hybridized carbons (Fsp3) is 0.556. The van der Waals surface area contributed by atoms with Gasteiger partial charge in [0.05, 0.1) is 5.69 Å². The Balaban J connectivity index is 2.98. The van der Waals surface area contributed by atoms with Crippen molar-refractivity contribution in [2.75, 3.05) is 0 Å². The van der Waals surface area contributed by atoms with E-state index < -0.39 is 0 Å². The molecule has 1 heterocycles. The lowest BCUT2D eigenvalue weighted by atomic mass is 10.1. The molecule has 1 aromatic rings. The zero-order valence-electron chi connectivity index (χ0n) is 7.46. The molecule has 3 nitrogen and oxygen atoms in total. The number of carbonyl (C=O) groups excluding carboxylic acids is 1. The minimum Gasteiger partial charge on any atom is -0.353 e. The second kappa shape index (κ2) is 4.04. The summed E-state index contributed by atoms with van der Waals surface area (Å²) in [4.78, 5) is 10.5. The number of rotatable bonds is 4. The molecule has 1 aromatic heterocycles. The van der Waals surface area contributed by atoms with Crippen molar-refractivity contribution in [3.8, 4) is 0 Å². The minimum atomic E-state index is 0.397. The van der Waals surface area contributed by atoms with Crippen LogP contribution in [0.4, 0.5) is 0 Å². The van der Waals surface area contributed by atoms with Crippen molar-refractivity contribution >= 4 is 6.29 Å². The summed E-state index contributed by atoms with van der Waals surface area (Å²) >= 11 is 0. The second-order valence-electron chi connectivity index (χ2n) is 2.69. The van der Waals surface area contributed by atoms with Crippen LogP contribution in [0.3, 0.4) is 0 Å². The molecule has 0 aliphatic carbocycles. The van der Waals surface area contributed by atoms with Gasteiger partial charge in [-0.25, -0.2) is 0 Å². The molecule has 0 aromatic carbocycles. The Labute approximate surface area is 71.7 Å². The summed E-state index contributed by atoms with van der Waals surface area (Å²) in [5.74, 6) is 0.397. The average molecular weight is 167 g/mol. The van der Waals surface area contributed by atoms with E-state index in [4.69, 9.17) is 4.52 Å². The van der Waals surface area contributed by atoms with E-state index in [0.717, 1.165) is 36.8 Å². The van der Waals surface area contributed by atoms with E-state index in [9.17, 15) is 4.79 Å². The third-order valence-electron chi connectivity index (χ3n) is 1.84. The maximum Gasteiger partial charge on any atom is 0.202 e. The van der Waals surface area contributed by atoms with Crippen molar-refractivity contribution in [3.05, 3.63) is 17.0 Å². The molecule has 66 valence electrons. The number of aromatic nitrogens is 1. The van der Waals surface area contributed by atoms with Gasteiger partial charge in [-0.2, -0.15) is 0 Å². The Morgan fingerprint density at radius 2 is 2.25 bits per heavy atom. The SMILES string of the molecule is CCCc1c(CC)noc1C=O. The van der Waals surface area contributed by atoms with Crippen molar-refractivity contribution < 1.29 is 9.32 Å². The van der Waals surface area contributed by atoms with Gasteiger partial charge in [-0.1, -0.05) is 25.4 Å². The maximum atomic E-state index is 10.5. The van der Waals surface area contributed by atoms with Gasteiger partial charge in [0.15, 0.2) is 6.29 Å². The summed E-state index contributed by atoms with van der Waals surface area (Å²) in [6.07, 6.45) is 3.44. The molecule has 3 heteroatoms. The summed E-state index contributed by atoms with van der Waals surface area (Å²) in [6, 6.07) is 0. The Kier molecular flexibility index (Phi) is 3.02. The first-order chi connectivity index (χ1) is 5.83. The summed E-state index contributed by atoms with van der Waals surface area (Å²) in [5, 5.41) is 3.82. The lowest BCUT2D eigenvalue weighted by Crippen LogP contribution is -1.92. The van der Waals surface area contributed by atoms with Crippen molar-refractivity contribution in [1.29, 1.82) is 0 Å². The van der Waals surface area contributed by atoms with E-state index >= 15 is 0 Å². The standard InChI is InChI=1S/C9H13NO2/c1-3-5-7-8(4-2)10-12-9(7)6-11/h6H,3-5H2,1-2H3. The molecule has 1 rings (SSSR count). The van der Waals surface area contributed by atoms with Gasteiger partial charge < -0.3 is 4.52 Å². The van der Waals surface area contributed by atoms with E-state index in [1.807, 2.05) is 6.92 Å². The highest BCUT2D eigenvalue weighted by molar-refractivity contribution is 5.73. The highest BCUT2D eigenvalue weighted by atomic mass is 16.5. The van der Waals surface area contributed by atoms with Gasteiger partial charge in [-0.15, -0.1) is 0 Å². The Morgan fingerprint density at radius 3 is 2.75 bits per heavy atom. The molecule has 0 unspecified atom stereocenters. The molecule has 0 saturated heterocycles. The lowest BCUT2D eigenvalue weighted by Gasteiger charge is -1.94. The number of nitrogens with zero attached hydrogens (tertiary/aromatic N) is 1. The van der Waals surface area contributed by atoms with Crippen molar-refractivity contribution in [3.63, 3.8) is 0 Å². The molecular weight excluding hydrogens is 154 g/mol. The normalized spacial score (nSPS) is 10.2. The summed E-state index contributed by atoms with van der Waals surface area (Å²) < 4.78 is 4.87. The topological polar surface area (TPSA) is 43.1 Å². The fourth-order valence-electron chi connectivity index (χ4n) is 1.24. The van der Waals surface area contributed by atoms with Crippen LogP contribution >= 0.6 is 0 Å². The number of hydrogen-bond donors (Lipinski definition) is 0. The Morgan fingerprint density at radius 1 is 1.50 bits per heavy atom. The number of hydrogen-bond acceptors (Lipinski definition) is 3. The van der Waals surface area contributed by atoms with Gasteiger partial charge in [-0.3, -0.25) is 4.79 Å². The second-order valence-corrected chi connectivity index (χ2v) is 2.69. The number of aryl methyl sites for hydroxylation is 1. The zero-order chi connectivity index (χ0) is 8.97. The molecule has 0 N–H and O–H groups in total. The minimum absolute atomic E-state index is 0.397. The van der Waals surface area contributed by atoms with Gasteiger partial charge in [0.2, 0.25) is 5.76 Å². The van der Waals surface area contributed by atoms with Crippen LogP contribution in [0.25, 0.3) is 0 Å². The molecule has 0 radical (unpaired) electrons. The van der Waals surface area contributed by atoms with E-state index in [0.29, 0.717) is 5.76 Å². The molecule has 0 saturated carbocycles. The first-order valence-corrected chi connectivity index (χ1v) is 4.26. The molecule has 0 bridgehead atoms. The van der Waals surface area contributed by atoms with Crippen molar-refractivity contribution in [2.24, 2.45) is 0 Å². The quantitative estimate of drug-likeness (QED) is 0.644. The fourth-order valence-corrected chi connectivity index (χ4v) is 1.24. The number of aldehydes is 1. The van der Waals surface area contributed by atoms with Crippen LogP contribution in [-0.4, -0.2) is 11.4 Å². The molecular formula is C9H13NO2. The van der Waals surface area contributed by atoms with E-state index in [-0.39, 0.29) is 0 Å². The van der Waals surface area contributed by atoms with E-state index in [1.54, 1.807) is 0 Å². The molecule has 0 fully saturated rings. The van der Waals surface area contributed by atoms with Gasteiger partial charge in [0.1, 0.15) is 0 Å². The molecule has 0 atom stereocenters. The highest BCUT2D eigenvalue weighted by Crippen LogP contribution is 2.14. The third-order valence-corrected chi connectivity index (χ3v) is 1.84. The largest absolute Gasteiger partial charge is 0.353 e. The molecule has 0 spiro atoms. The van der Waals surface area contributed by atoms with Gasteiger partial charge >= 0.3 is 0 Å². The van der Waals surface area contributed by atoms with Gasteiger partial charge in [0.25, 0.3) is 0 Å². The Bertz CT molecular complexity index is 265. The summed E-state index contributed by atoms with van der Waals surface area (Å²) in [6.45, 7) is 4.08. The average Bonchev–Trinajstić information content (AvgIpc) is 2.48. The number of carbonyl (C=O) groups is 1. The first kappa shape index (κ1) is 8.97. The van der Waals surface area contributed by atoms with Gasteiger partial charge in [-0.05, 0) is 12.8 Å². The highest BCUT2D eigenvalue weighted by Gasteiger charge is 2.12. The van der Waals surface area contributed by atoms with Crippen LogP contribution in [0.2, 0.25) is 0 Å². The maximum absolute atomic E-state index is 10.5. The van der Waals surface area contributed by atoms with Crippen molar-refractivity contribution in [2.45, 2.75) is 33.1 Å². The van der Waals surface area contributed by atoms with Crippen LogP contribution in [0, 0.1) is 0 Å². The molecule has 0 aliphatic rings. The summed E-state index contributed by atoms with van der Waals surface area (Å²) in [7, 11) is 0. The van der Waals surface area contributed by atoms with Gasteiger partial charge in [0, 0.05) is 5.56 Å². The van der Waals surface area contributed by atoms with E-state index in [1.165, 1.54) is 0 Å². The van der Waals surface area contributed by atoms with Crippen LogP contribution < -0.4 is 0 Å². The lowest BCUT2D eigenvalue weighted by molar-refractivity contribution is 0.109.